The second-order valence-corrected chi connectivity index (χ2v) is 5.30. The highest BCUT2D eigenvalue weighted by Gasteiger charge is 2.13. The molecule has 0 aliphatic carbocycles. The predicted octanol–water partition coefficient (Wildman–Crippen LogP) is 1.98. The summed E-state index contributed by atoms with van der Waals surface area (Å²) >= 11 is 1.56. The summed E-state index contributed by atoms with van der Waals surface area (Å²) in [6.07, 6.45) is 0.786. The van der Waals surface area contributed by atoms with Gasteiger partial charge in [0.05, 0.1) is 19.9 Å². The van der Waals surface area contributed by atoms with Gasteiger partial charge in [0, 0.05) is 17.4 Å². The maximum Gasteiger partial charge on any atom is 0.212 e. The highest BCUT2D eigenvalue weighted by molar-refractivity contribution is 7.15. The van der Waals surface area contributed by atoms with Crippen molar-refractivity contribution in [1.29, 1.82) is 0 Å². The first-order valence-corrected chi connectivity index (χ1v) is 7.40. The Hall–Kier alpha value is -2.12. The number of aromatic nitrogens is 3. The smallest absolute Gasteiger partial charge is 0.212 e. The molecular weight excluding hydrogens is 288 g/mol. The van der Waals surface area contributed by atoms with Crippen molar-refractivity contribution in [3.05, 3.63) is 29.3 Å². The molecule has 110 valence electrons. The average Bonchev–Trinajstić information content (AvgIpc) is 3.09. The molecule has 0 saturated heterocycles. The predicted molar refractivity (Wildman–Crippen MR) is 82.2 cm³/mol. The van der Waals surface area contributed by atoms with Gasteiger partial charge < -0.3 is 15.2 Å². The fraction of sp³-hybridized carbons (Fsp3) is 0.286. The number of methoxy groups -OCH3 is 2. The molecule has 0 aliphatic rings. The molecule has 0 aliphatic heterocycles. The van der Waals surface area contributed by atoms with Gasteiger partial charge in [-0.05, 0) is 24.7 Å². The third-order valence-corrected chi connectivity index (χ3v) is 4.06. The highest BCUT2D eigenvalue weighted by atomic mass is 32.1. The Labute approximate surface area is 126 Å². The number of hydrogen-bond acceptors (Lipinski definition) is 6. The zero-order valence-corrected chi connectivity index (χ0v) is 12.7. The zero-order valence-electron chi connectivity index (χ0n) is 11.9. The van der Waals surface area contributed by atoms with Crippen LogP contribution in [0.5, 0.6) is 11.5 Å². The number of nitrogens with two attached hydrogens (primary N) is 1. The number of benzene rings is 1. The fourth-order valence-electron chi connectivity index (χ4n) is 2.14. The number of hydrogen-bond donors (Lipinski definition) is 1. The maximum absolute atomic E-state index is 5.61. The van der Waals surface area contributed by atoms with Crippen molar-refractivity contribution in [2.24, 2.45) is 5.73 Å². The molecule has 0 atom stereocenters. The van der Waals surface area contributed by atoms with Crippen molar-refractivity contribution in [2.45, 2.75) is 6.42 Å². The van der Waals surface area contributed by atoms with Gasteiger partial charge in [0.25, 0.3) is 0 Å². The van der Waals surface area contributed by atoms with E-state index in [4.69, 9.17) is 15.2 Å². The van der Waals surface area contributed by atoms with E-state index in [0.717, 1.165) is 22.6 Å². The molecule has 6 nitrogen and oxygen atoms in total. The Bertz CT molecular complexity index is 766. The molecule has 2 N–H and O–H groups in total. The molecule has 21 heavy (non-hydrogen) atoms. The van der Waals surface area contributed by atoms with Crippen molar-refractivity contribution in [2.75, 3.05) is 20.8 Å². The number of fused-ring (bicyclic) bond motifs is 1. The maximum atomic E-state index is 5.61. The summed E-state index contributed by atoms with van der Waals surface area (Å²) in [6, 6.07) is 5.65. The lowest BCUT2D eigenvalue weighted by atomic mass is 10.2. The topological polar surface area (TPSA) is 74.7 Å². The Balaban J connectivity index is 2.03. The van der Waals surface area contributed by atoms with Crippen molar-refractivity contribution >= 4 is 16.3 Å². The number of thiazole rings is 1. The van der Waals surface area contributed by atoms with Crippen LogP contribution in [0.4, 0.5) is 0 Å². The summed E-state index contributed by atoms with van der Waals surface area (Å²) in [6.45, 7) is 0.595. The van der Waals surface area contributed by atoms with Gasteiger partial charge in [-0.2, -0.15) is 4.98 Å². The van der Waals surface area contributed by atoms with Crippen molar-refractivity contribution in [3.63, 3.8) is 0 Å². The van der Waals surface area contributed by atoms with Crippen LogP contribution in [0.25, 0.3) is 16.3 Å². The molecule has 0 fully saturated rings. The van der Waals surface area contributed by atoms with Crippen LogP contribution in [0.1, 0.15) is 5.69 Å². The minimum absolute atomic E-state index is 0.595. The van der Waals surface area contributed by atoms with Gasteiger partial charge in [-0.15, -0.1) is 16.4 Å². The van der Waals surface area contributed by atoms with Gasteiger partial charge in [-0.25, -0.2) is 4.52 Å². The van der Waals surface area contributed by atoms with E-state index in [0.29, 0.717) is 23.9 Å². The Morgan fingerprint density at radius 1 is 1.24 bits per heavy atom. The first kappa shape index (κ1) is 13.8. The van der Waals surface area contributed by atoms with Crippen LogP contribution in [0.3, 0.4) is 0 Å². The van der Waals surface area contributed by atoms with E-state index in [9.17, 15) is 0 Å². The molecule has 2 heterocycles. The summed E-state index contributed by atoms with van der Waals surface area (Å²) in [5.74, 6) is 2.02. The van der Waals surface area contributed by atoms with Gasteiger partial charge in [-0.1, -0.05) is 0 Å². The van der Waals surface area contributed by atoms with Crippen LogP contribution in [-0.4, -0.2) is 35.4 Å². The number of ether oxygens (including phenoxy) is 2. The first-order valence-electron chi connectivity index (χ1n) is 6.52. The summed E-state index contributed by atoms with van der Waals surface area (Å²) in [5, 5.41) is 6.60. The molecule has 0 bridgehead atoms. The van der Waals surface area contributed by atoms with Gasteiger partial charge >= 0.3 is 0 Å². The van der Waals surface area contributed by atoms with E-state index >= 15 is 0 Å². The molecule has 3 rings (SSSR count). The molecule has 0 amide bonds. The molecule has 0 radical (unpaired) electrons. The first-order chi connectivity index (χ1) is 10.3. The van der Waals surface area contributed by atoms with E-state index < -0.39 is 0 Å². The number of rotatable bonds is 5. The minimum atomic E-state index is 0.595. The molecule has 0 saturated carbocycles. The second-order valence-electron chi connectivity index (χ2n) is 4.47. The molecule has 7 heteroatoms. The van der Waals surface area contributed by atoms with Crippen molar-refractivity contribution in [3.8, 4) is 22.9 Å². The normalized spacial score (nSPS) is 11.0. The van der Waals surface area contributed by atoms with E-state index in [-0.39, 0.29) is 0 Å². The largest absolute Gasteiger partial charge is 0.493 e. The van der Waals surface area contributed by atoms with Crippen LogP contribution in [0, 0.1) is 0 Å². The van der Waals surface area contributed by atoms with Crippen molar-refractivity contribution in [1.82, 2.24) is 14.6 Å². The lowest BCUT2D eigenvalue weighted by Crippen LogP contribution is -2.05. The lowest BCUT2D eigenvalue weighted by molar-refractivity contribution is 0.355. The standard InChI is InChI=1S/C14H16N4O2S/c1-19-11-4-3-9(7-12(11)20-2)13-16-14-18(17-13)10(5-6-15)8-21-14/h3-4,7-8H,5-6,15H2,1-2H3. The van der Waals surface area contributed by atoms with Gasteiger partial charge in [0.1, 0.15) is 0 Å². The van der Waals surface area contributed by atoms with Crippen LogP contribution < -0.4 is 15.2 Å². The molecule has 2 aromatic heterocycles. The van der Waals surface area contributed by atoms with Crippen LogP contribution in [-0.2, 0) is 6.42 Å². The van der Waals surface area contributed by atoms with Gasteiger partial charge in [-0.3, -0.25) is 0 Å². The van der Waals surface area contributed by atoms with Crippen LogP contribution in [0.15, 0.2) is 23.6 Å². The van der Waals surface area contributed by atoms with E-state index in [1.54, 1.807) is 25.6 Å². The van der Waals surface area contributed by atoms with Gasteiger partial charge in [0.15, 0.2) is 17.3 Å². The zero-order chi connectivity index (χ0) is 14.8. The monoisotopic (exact) mass is 304 g/mol. The quantitative estimate of drug-likeness (QED) is 0.780. The third kappa shape index (κ3) is 2.45. The molecule has 3 aromatic rings. The Kier molecular flexibility index (Phi) is 3.76. The summed E-state index contributed by atoms with van der Waals surface area (Å²) in [5.41, 5.74) is 7.58. The fourth-order valence-corrected chi connectivity index (χ4v) is 3.00. The lowest BCUT2D eigenvalue weighted by Gasteiger charge is -2.07. The van der Waals surface area contributed by atoms with Crippen LogP contribution >= 0.6 is 11.3 Å². The summed E-state index contributed by atoms with van der Waals surface area (Å²) in [7, 11) is 3.22. The highest BCUT2D eigenvalue weighted by Crippen LogP contribution is 2.31. The average molecular weight is 304 g/mol. The molecule has 0 unspecified atom stereocenters. The summed E-state index contributed by atoms with van der Waals surface area (Å²) < 4.78 is 12.4. The molecule has 0 spiro atoms. The van der Waals surface area contributed by atoms with E-state index in [1.165, 1.54) is 0 Å². The minimum Gasteiger partial charge on any atom is -0.493 e. The van der Waals surface area contributed by atoms with E-state index in [1.807, 2.05) is 28.1 Å². The van der Waals surface area contributed by atoms with Gasteiger partial charge in [0.2, 0.25) is 4.96 Å². The Morgan fingerprint density at radius 2 is 2.05 bits per heavy atom. The SMILES string of the molecule is COc1ccc(-c2nc3scc(CCN)n3n2)cc1OC. The Morgan fingerprint density at radius 3 is 2.76 bits per heavy atom. The van der Waals surface area contributed by atoms with Crippen LogP contribution in [0.2, 0.25) is 0 Å². The van der Waals surface area contributed by atoms with E-state index in [2.05, 4.69) is 10.1 Å². The summed E-state index contributed by atoms with van der Waals surface area (Å²) in [4.78, 5) is 5.41. The van der Waals surface area contributed by atoms with Crippen molar-refractivity contribution < 1.29 is 9.47 Å². The second kappa shape index (κ2) is 5.71. The molecular formula is C14H16N4O2S. The number of nitrogens with zero attached hydrogens (tertiary/aromatic N) is 3. The third-order valence-electron chi connectivity index (χ3n) is 3.19. The molecule has 1 aromatic carbocycles.